The van der Waals surface area contributed by atoms with Crippen molar-refractivity contribution >= 4 is 16.9 Å². The van der Waals surface area contributed by atoms with Gasteiger partial charge in [0.05, 0.1) is 39.7 Å². The third kappa shape index (κ3) is 8.84. The molecule has 1 aromatic carbocycles. The Morgan fingerprint density at radius 3 is 2.19 bits per heavy atom. The highest BCUT2D eigenvalue weighted by Crippen LogP contribution is 2.09. The van der Waals surface area contributed by atoms with Gasteiger partial charge in [-0.3, -0.25) is 4.79 Å². The van der Waals surface area contributed by atoms with Gasteiger partial charge in [0, 0.05) is 17.9 Å². The quantitative estimate of drug-likeness (QED) is 0.454. The van der Waals surface area contributed by atoms with E-state index in [1.807, 2.05) is 18.2 Å². The van der Waals surface area contributed by atoms with E-state index in [1.54, 1.807) is 12.1 Å². The average molecular weight is 380 g/mol. The molecule has 0 fully saturated rings. The summed E-state index contributed by atoms with van der Waals surface area (Å²) in [7, 11) is 2.95. The van der Waals surface area contributed by atoms with Gasteiger partial charge in [0.1, 0.15) is 5.58 Å². The Kier molecular flexibility index (Phi) is 12.8. The molecule has 6 nitrogen and oxygen atoms in total. The summed E-state index contributed by atoms with van der Waals surface area (Å²) in [6.45, 7) is 11.2. The fourth-order valence-electron chi connectivity index (χ4n) is 2.82. The van der Waals surface area contributed by atoms with Crippen molar-refractivity contribution in [3.63, 3.8) is 0 Å². The smallest absolute Gasteiger partial charge is 0.336 e. The summed E-state index contributed by atoms with van der Waals surface area (Å²) in [5.74, 6) is -0.0913. The number of carbonyl (C=O) groups excluding carboxylic acids is 1. The molecule has 2 N–H and O–H groups in total. The Morgan fingerprint density at radius 1 is 1.04 bits per heavy atom. The maximum Gasteiger partial charge on any atom is 0.336 e. The number of methoxy groups -OCH3 is 1. The minimum atomic E-state index is -0.302. The van der Waals surface area contributed by atoms with Crippen molar-refractivity contribution in [2.75, 3.05) is 40.3 Å². The van der Waals surface area contributed by atoms with E-state index in [9.17, 15) is 9.59 Å². The van der Waals surface area contributed by atoms with E-state index >= 15 is 0 Å². The van der Waals surface area contributed by atoms with Gasteiger partial charge in [0.2, 0.25) is 0 Å². The van der Waals surface area contributed by atoms with Crippen molar-refractivity contribution in [1.82, 2.24) is 0 Å². The zero-order valence-corrected chi connectivity index (χ0v) is 17.4. The number of nitrogens with zero attached hydrogens (tertiary/aromatic N) is 1. The lowest BCUT2D eigenvalue weighted by atomic mass is 10.2. The van der Waals surface area contributed by atoms with Crippen LogP contribution in [0.15, 0.2) is 45.6 Å². The molecule has 0 bridgehead atoms. The number of quaternary nitrogens is 1. The number of para-hydroxylation sites is 1. The molecule has 27 heavy (non-hydrogen) atoms. The molecule has 0 unspecified atom stereocenters. The lowest BCUT2D eigenvalue weighted by molar-refractivity contribution is -0.923. The molecule has 2 rings (SSSR count). The van der Waals surface area contributed by atoms with E-state index < -0.39 is 0 Å². The molecule has 0 spiro atoms. The standard InChI is InChI=1S/C11H24NO2.C9H6O2.CH5N/c1-5-12(6-2,7-3)10-8-9-11(13)14-4;10-9-6-5-7-3-1-2-4-8(7)11-9;1-2/h5-10H2,1-4H3;1-6H;2H2,1H3/q+1;;. The maximum atomic E-state index is 10.9. The summed E-state index contributed by atoms with van der Waals surface area (Å²) in [6, 6.07) is 10.6. The average Bonchev–Trinajstić information content (AvgIpc) is 2.73. The summed E-state index contributed by atoms with van der Waals surface area (Å²) in [4.78, 5) is 21.7. The van der Waals surface area contributed by atoms with Gasteiger partial charge >= 0.3 is 11.6 Å². The predicted octanol–water partition coefficient (Wildman–Crippen LogP) is 3.18. The van der Waals surface area contributed by atoms with Crippen LogP contribution >= 0.6 is 0 Å². The van der Waals surface area contributed by atoms with Gasteiger partial charge in [-0.25, -0.2) is 4.79 Å². The molecule has 0 aliphatic rings. The SMILES string of the molecule is CC[N+](CC)(CC)CCCC(=O)OC.CN.O=c1ccc2ccccc2o1. The van der Waals surface area contributed by atoms with E-state index in [0.717, 1.165) is 42.5 Å². The van der Waals surface area contributed by atoms with E-state index in [1.165, 1.54) is 20.2 Å². The van der Waals surface area contributed by atoms with E-state index in [0.29, 0.717) is 12.0 Å². The van der Waals surface area contributed by atoms with Crippen LogP contribution in [0.2, 0.25) is 0 Å². The van der Waals surface area contributed by atoms with Gasteiger partial charge in [-0.05, 0) is 40.0 Å². The number of hydrogen-bond acceptors (Lipinski definition) is 5. The number of fused-ring (bicyclic) bond motifs is 1. The van der Waals surface area contributed by atoms with Gasteiger partial charge in [-0.1, -0.05) is 18.2 Å². The molecule has 0 radical (unpaired) electrons. The fourth-order valence-corrected chi connectivity index (χ4v) is 2.82. The molecule has 2 aromatic rings. The number of benzene rings is 1. The van der Waals surface area contributed by atoms with Crippen molar-refractivity contribution in [3.05, 3.63) is 46.8 Å². The third-order valence-corrected chi connectivity index (χ3v) is 4.78. The van der Waals surface area contributed by atoms with Crippen LogP contribution in [-0.4, -0.2) is 50.8 Å². The number of carbonyl (C=O) groups is 1. The second-order valence-electron chi connectivity index (χ2n) is 5.99. The van der Waals surface area contributed by atoms with Crippen molar-refractivity contribution in [2.45, 2.75) is 33.6 Å². The lowest BCUT2D eigenvalue weighted by Gasteiger charge is -2.35. The molecule has 0 aliphatic carbocycles. The van der Waals surface area contributed by atoms with Crippen LogP contribution in [0.25, 0.3) is 11.0 Å². The summed E-state index contributed by atoms with van der Waals surface area (Å²) in [5.41, 5.74) is 4.84. The van der Waals surface area contributed by atoms with Crippen LogP contribution < -0.4 is 11.4 Å². The monoisotopic (exact) mass is 379 g/mol. The van der Waals surface area contributed by atoms with Crippen molar-refractivity contribution < 1.29 is 18.4 Å². The molecular weight excluding hydrogens is 344 g/mol. The summed E-state index contributed by atoms with van der Waals surface area (Å²) >= 11 is 0. The molecule has 0 saturated heterocycles. The molecule has 0 saturated carbocycles. The fraction of sp³-hybridized carbons (Fsp3) is 0.524. The second kappa shape index (κ2) is 13.9. The van der Waals surface area contributed by atoms with Crippen LogP contribution in [0.5, 0.6) is 0 Å². The molecule has 6 heteroatoms. The first kappa shape index (κ1) is 24.8. The molecule has 1 aromatic heterocycles. The van der Waals surface area contributed by atoms with Crippen molar-refractivity contribution in [2.24, 2.45) is 5.73 Å². The number of nitrogens with two attached hydrogens (primary N) is 1. The van der Waals surface area contributed by atoms with Crippen LogP contribution in [-0.2, 0) is 9.53 Å². The molecule has 0 aliphatic heterocycles. The van der Waals surface area contributed by atoms with E-state index in [4.69, 9.17) is 4.42 Å². The molecule has 0 atom stereocenters. The number of rotatable bonds is 7. The molecule has 1 heterocycles. The highest BCUT2D eigenvalue weighted by molar-refractivity contribution is 5.75. The van der Waals surface area contributed by atoms with E-state index in [2.05, 4.69) is 31.2 Å². The normalized spacial score (nSPS) is 10.3. The minimum Gasteiger partial charge on any atom is -0.469 e. The van der Waals surface area contributed by atoms with Gasteiger partial charge < -0.3 is 19.4 Å². The Balaban J connectivity index is 0.000000465. The van der Waals surface area contributed by atoms with Crippen LogP contribution in [0.1, 0.15) is 33.6 Å². The van der Waals surface area contributed by atoms with Gasteiger partial charge in [0.25, 0.3) is 0 Å². The van der Waals surface area contributed by atoms with Gasteiger partial charge in [-0.2, -0.15) is 0 Å². The summed E-state index contributed by atoms with van der Waals surface area (Å²) in [5, 5.41) is 0.951. The summed E-state index contributed by atoms with van der Waals surface area (Å²) in [6.07, 6.45) is 1.48. The number of esters is 1. The van der Waals surface area contributed by atoms with Gasteiger partial charge in [-0.15, -0.1) is 0 Å². The van der Waals surface area contributed by atoms with E-state index in [-0.39, 0.29) is 11.6 Å². The first-order valence-corrected chi connectivity index (χ1v) is 9.48. The second-order valence-corrected chi connectivity index (χ2v) is 5.99. The van der Waals surface area contributed by atoms with Crippen LogP contribution in [0.4, 0.5) is 0 Å². The minimum absolute atomic E-state index is 0.0913. The summed E-state index contributed by atoms with van der Waals surface area (Å²) < 4.78 is 10.6. The first-order chi connectivity index (χ1) is 13.0. The highest BCUT2D eigenvalue weighted by atomic mass is 16.5. The van der Waals surface area contributed by atoms with Crippen LogP contribution in [0, 0.1) is 0 Å². The topological polar surface area (TPSA) is 82.5 Å². The first-order valence-electron chi connectivity index (χ1n) is 9.48. The molecule has 152 valence electrons. The Hall–Kier alpha value is -2.18. The molecular formula is C21H35N2O4+. The highest BCUT2D eigenvalue weighted by Gasteiger charge is 2.20. The Morgan fingerprint density at radius 2 is 1.63 bits per heavy atom. The lowest BCUT2D eigenvalue weighted by Crippen LogP contribution is -2.48. The number of hydrogen-bond donors (Lipinski definition) is 1. The third-order valence-electron chi connectivity index (χ3n) is 4.78. The molecule has 0 amide bonds. The Labute approximate surface area is 162 Å². The van der Waals surface area contributed by atoms with Crippen LogP contribution in [0.3, 0.4) is 0 Å². The largest absolute Gasteiger partial charge is 0.469 e. The number of ether oxygens (including phenoxy) is 1. The zero-order valence-electron chi connectivity index (χ0n) is 17.4. The van der Waals surface area contributed by atoms with Gasteiger partial charge in [0.15, 0.2) is 0 Å². The predicted molar refractivity (Wildman–Crippen MR) is 111 cm³/mol. The Bertz CT molecular complexity index is 700. The van der Waals surface area contributed by atoms with Crippen molar-refractivity contribution in [3.8, 4) is 0 Å². The maximum absolute atomic E-state index is 10.9. The van der Waals surface area contributed by atoms with Crippen molar-refractivity contribution in [1.29, 1.82) is 0 Å². The zero-order chi connectivity index (χ0) is 20.7.